The van der Waals surface area contributed by atoms with Gasteiger partial charge < -0.3 is 28.5 Å². The van der Waals surface area contributed by atoms with Crippen molar-refractivity contribution in [1.29, 1.82) is 0 Å². The molecule has 0 radical (unpaired) electrons. The molecule has 0 fully saturated rings. The maximum Gasteiger partial charge on any atom is 0.505 e. The number of carbonyl (C=O) groups is 1. The first kappa shape index (κ1) is 27.0. The number of rotatable bonds is 15. The van der Waals surface area contributed by atoms with Crippen molar-refractivity contribution in [2.75, 3.05) is 52.9 Å². The molecule has 182 valence electrons. The standard InChI is InChI=1S/C25H36O7Si/c1-25(2,3)33(22-10-6-4-7-11-22,23-12-8-5-9-13-23)32-21-19-30-17-15-28-14-16-29-18-20-31-24(26)27/h4-13H,14-21H2,1-3H3,(H,26,27). The summed E-state index contributed by atoms with van der Waals surface area (Å²) in [5, 5.41) is 10.8. The van der Waals surface area contributed by atoms with Crippen LogP contribution in [0, 0.1) is 0 Å². The molecule has 2 aromatic carbocycles. The molecule has 8 heteroatoms. The van der Waals surface area contributed by atoms with Gasteiger partial charge in [-0.15, -0.1) is 0 Å². The lowest BCUT2D eigenvalue weighted by atomic mass is 10.2. The second kappa shape index (κ2) is 14.1. The van der Waals surface area contributed by atoms with E-state index in [-0.39, 0.29) is 18.3 Å². The van der Waals surface area contributed by atoms with Crippen LogP contribution in [-0.4, -0.2) is 72.4 Å². The summed E-state index contributed by atoms with van der Waals surface area (Å²) < 4.78 is 27.5. The van der Waals surface area contributed by atoms with Gasteiger partial charge in [0.15, 0.2) is 0 Å². The maximum absolute atomic E-state index is 10.2. The molecule has 0 aromatic heterocycles. The second-order valence-electron chi connectivity index (χ2n) is 8.46. The van der Waals surface area contributed by atoms with E-state index in [1.54, 1.807) is 0 Å². The highest BCUT2D eigenvalue weighted by atomic mass is 28.4. The zero-order valence-electron chi connectivity index (χ0n) is 19.8. The molecule has 2 aromatic rings. The monoisotopic (exact) mass is 476 g/mol. The van der Waals surface area contributed by atoms with E-state index in [0.29, 0.717) is 39.6 Å². The van der Waals surface area contributed by atoms with Crippen LogP contribution in [0.1, 0.15) is 20.8 Å². The van der Waals surface area contributed by atoms with Crippen molar-refractivity contribution < 1.29 is 33.3 Å². The van der Waals surface area contributed by atoms with Crippen LogP contribution in [0.5, 0.6) is 0 Å². The molecule has 7 nitrogen and oxygen atoms in total. The van der Waals surface area contributed by atoms with Crippen LogP contribution in [-0.2, 0) is 23.4 Å². The fourth-order valence-corrected chi connectivity index (χ4v) is 8.29. The maximum atomic E-state index is 10.2. The molecule has 33 heavy (non-hydrogen) atoms. The topological polar surface area (TPSA) is 83.5 Å². The highest BCUT2D eigenvalue weighted by molar-refractivity contribution is 6.99. The Kier molecular flexibility index (Phi) is 11.6. The summed E-state index contributed by atoms with van der Waals surface area (Å²) in [6.45, 7) is 9.68. The van der Waals surface area contributed by atoms with E-state index in [2.05, 4.69) is 74.0 Å². The Morgan fingerprint density at radius 3 is 1.48 bits per heavy atom. The minimum Gasteiger partial charge on any atom is -0.450 e. The Morgan fingerprint density at radius 2 is 1.09 bits per heavy atom. The first-order valence-electron chi connectivity index (χ1n) is 11.2. The molecule has 0 aliphatic rings. The lowest BCUT2D eigenvalue weighted by molar-refractivity contribution is -0.00189. The van der Waals surface area contributed by atoms with Crippen LogP contribution in [0.3, 0.4) is 0 Å². The van der Waals surface area contributed by atoms with E-state index in [1.807, 2.05) is 12.1 Å². The van der Waals surface area contributed by atoms with Gasteiger partial charge in [0.2, 0.25) is 0 Å². The Morgan fingerprint density at radius 1 is 0.697 bits per heavy atom. The first-order valence-corrected chi connectivity index (χ1v) is 13.1. The van der Waals surface area contributed by atoms with Gasteiger partial charge in [-0.3, -0.25) is 0 Å². The fraction of sp³-hybridized carbons (Fsp3) is 0.480. The summed E-state index contributed by atoms with van der Waals surface area (Å²) in [6, 6.07) is 21.1. The van der Waals surface area contributed by atoms with Gasteiger partial charge in [-0.2, -0.15) is 0 Å². The molecular formula is C25H36O7Si. The molecule has 0 unspecified atom stereocenters. The van der Waals surface area contributed by atoms with E-state index in [1.165, 1.54) is 10.4 Å². The fourth-order valence-electron chi connectivity index (χ4n) is 3.75. The average Bonchev–Trinajstić information content (AvgIpc) is 2.79. The molecule has 0 atom stereocenters. The number of hydrogen-bond donors (Lipinski definition) is 1. The summed E-state index contributed by atoms with van der Waals surface area (Å²) in [7, 11) is -2.53. The van der Waals surface area contributed by atoms with Gasteiger partial charge >= 0.3 is 6.16 Å². The molecule has 0 aliphatic carbocycles. The molecule has 0 aliphatic heterocycles. The number of hydrogen-bond acceptors (Lipinski definition) is 6. The Bertz CT molecular complexity index is 754. The summed E-state index contributed by atoms with van der Waals surface area (Å²) in [6.07, 6.45) is -1.30. The molecule has 0 saturated heterocycles. The molecule has 0 spiro atoms. The van der Waals surface area contributed by atoms with E-state index in [0.717, 1.165) is 0 Å². The van der Waals surface area contributed by atoms with Crippen molar-refractivity contribution in [3.63, 3.8) is 0 Å². The third-order valence-corrected chi connectivity index (χ3v) is 10.2. The molecule has 0 bridgehead atoms. The minimum absolute atomic E-state index is 0.0176. The third kappa shape index (κ3) is 8.56. The first-order chi connectivity index (χ1) is 15.9. The van der Waals surface area contributed by atoms with Crippen molar-refractivity contribution >= 4 is 24.8 Å². The Balaban J connectivity index is 1.79. The van der Waals surface area contributed by atoms with Crippen LogP contribution in [0.2, 0.25) is 5.04 Å². The van der Waals surface area contributed by atoms with E-state index >= 15 is 0 Å². The zero-order chi connectivity index (χ0) is 24.0. The smallest absolute Gasteiger partial charge is 0.450 e. The average molecular weight is 477 g/mol. The van der Waals surface area contributed by atoms with Crippen molar-refractivity contribution in [3.8, 4) is 0 Å². The number of ether oxygens (including phenoxy) is 4. The van der Waals surface area contributed by atoms with Crippen LogP contribution in [0.15, 0.2) is 60.7 Å². The molecule has 2 rings (SSSR count). The van der Waals surface area contributed by atoms with Gasteiger partial charge in [-0.25, -0.2) is 4.79 Å². The van der Waals surface area contributed by atoms with Crippen molar-refractivity contribution in [1.82, 2.24) is 0 Å². The molecular weight excluding hydrogens is 440 g/mol. The number of benzene rings is 2. The Labute approximate surface area is 197 Å². The van der Waals surface area contributed by atoms with Gasteiger partial charge in [0.05, 0.1) is 46.2 Å². The quantitative estimate of drug-likeness (QED) is 0.240. The third-order valence-electron chi connectivity index (χ3n) is 5.16. The number of carboxylic acid groups (broad SMARTS) is 1. The lowest BCUT2D eigenvalue weighted by Crippen LogP contribution is -2.66. The van der Waals surface area contributed by atoms with Crippen LogP contribution >= 0.6 is 0 Å². The largest absolute Gasteiger partial charge is 0.505 e. The van der Waals surface area contributed by atoms with E-state index in [9.17, 15) is 4.79 Å². The highest BCUT2D eigenvalue weighted by Crippen LogP contribution is 2.36. The predicted octanol–water partition coefficient (Wildman–Crippen LogP) is 3.31. The molecule has 0 heterocycles. The van der Waals surface area contributed by atoms with Gasteiger partial charge in [-0.1, -0.05) is 81.4 Å². The summed E-state index contributed by atoms with van der Waals surface area (Å²) in [4.78, 5) is 10.2. The summed E-state index contributed by atoms with van der Waals surface area (Å²) >= 11 is 0. The van der Waals surface area contributed by atoms with Gasteiger partial charge in [0, 0.05) is 0 Å². The predicted molar refractivity (Wildman–Crippen MR) is 130 cm³/mol. The van der Waals surface area contributed by atoms with Gasteiger partial charge in [0.1, 0.15) is 6.61 Å². The SMILES string of the molecule is CC(C)(C)[Si](OCCOCCOCCOCCOC(=O)O)(c1ccccc1)c1ccccc1. The van der Waals surface area contributed by atoms with E-state index < -0.39 is 14.5 Å². The summed E-state index contributed by atoms with van der Waals surface area (Å²) in [5.74, 6) is 0. The van der Waals surface area contributed by atoms with Gasteiger partial charge in [-0.05, 0) is 15.4 Å². The molecule has 1 N–H and O–H groups in total. The Hall–Kier alpha value is -2.23. The van der Waals surface area contributed by atoms with Crippen molar-refractivity contribution in [2.45, 2.75) is 25.8 Å². The van der Waals surface area contributed by atoms with Crippen LogP contribution in [0.4, 0.5) is 4.79 Å². The zero-order valence-corrected chi connectivity index (χ0v) is 20.8. The normalized spacial score (nSPS) is 12.0. The van der Waals surface area contributed by atoms with Crippen LogP contribution in [0.25, 0.3) is 0 Å². The highest BCUT2D eigenvalue weighted by Gasteiger charge is 2.49. The van der Waals surface area contributed by atoms with E-state index in [4.69, 9.17) is 23.7 Å². The van der Waals surface area contributed by atoms with Crippen molar-refractivity contribution in [3.05, 3.63) is 60.7 Å². The minimum atomic E-state index is -2.53. The summed E-state index contributed by atoms with van der Waals surface area (Å²) in [5.41, 5.74) is 0. The van der Waals surface area contributed by atoms with Gasteiger partial charge in [0.25, 0.3) is 8.32 Å². The van der Waals surface area contributed by atoms with Crippen molar-refractivity contribution in [2.24, 2.45) is 0 Å². The second-order valence-corrected chi connectivity index (χ2v) is 12.8. The molecule has 0 saturated carbocycles. The lowest BCUT2D eigenvalue weighted by Gasteiger charge is -2.43. The molecule has 0 amide bonds. The van der Waals surface area contributed by atoms with Crippen LogP contribution < -0.4 is 10.4 Å².